The number of rotatable bonds is 5. The number of para-hydroxylation sites is 1. The Morgan fingerprint density at radius 3 is 2.45 bits per heavy atom. The maximum absolute atomic E-state index is 12.7. The summed E-state index contributed by atoms with van der Waals surface area (Å²) in [6.45, 7) is 3.95. The molecule has 7 rings (SSSR count). The molecule has 4 fully saturated rings. The zero-order valence-electron chi connectivity index (χ0n) is 19.2. The van der Waals surface area contributed by atoms with E-state index in [4.69, 9.17) is 0 Å². The number of carbonyl (C=O) groups is 1. The van der Waals surface area contributed by atoms with Crippen LogP contribution in [-0.2, 0) is 5.41 Å². The highest BCUT2D eigenvalue weighted by molar-refractivity contribution is 5.93. The third kappa shape index (κ3) is 3.50. The highest BCUT2D eigenvalue weighted by Crippen LogP contribution is 2.60. The average Bonchev–Trinajstić information content (AvgIpc) is 3.40. The van der Waals surface area contributed by atoms with Crippen LogP contribution in [0.25, 0.3) is 5.69 Å². The molecule has 2 heterocycles. The Morgan fingerprint density at radius 2 is 1.79 bits per heavy atom. The molecule has 4 aliphatic carbocycles. The number of aryl methyl sites for hydroxylation is 1. The molecule has 1 amide bonds. The van der Waals surface area contributed by atoms with E-state index in [1.807, 2.05) is 54.9 Å². The molecule has 2 aromatic heterocycles. The first-order valence-corrected chi connectivity index (χ1v) is 12.0. The number of hydrogen-bond acceptors (Lipinski definition) is 4. The highest BCUT2D eigenvalue weighted by Gasteiger charge is 2.52. The Morgan fingerprint density at radius 1 is 1.12 bits per heavy atom. The number of H-pyrrole nitrogens is 1. The smallest absolute Gasteiger partial charge is 0.281 e. The lowest BCUT2D eigenvalue weighted by atomic mass is 9.49. The molecule has 170 valence electrons. The Labute approximate surface area is 193 Å². The van der Waals surface area contributed by atoms with E-state index in [1.165, 1.54) is 38.5 Å². The van der Waals surface area contributed by atoms with Crippen LogP contribution in [0.15, 0.2) is 41.5 Å². The molecule has 7 heteroatoms. The van der Waals surface area contributed by atoms with Crippen molar-refractivity contribution in [2.45, 2.75) is 57.8 Å². The minimum atomic E-state index is -0.288. The van der Waals surface area contributed by atoms with Crippen LogP contribution in [0.5, 0.6) is 0 Å². The summed E-state index contributed by atoms with van der Waals surface area (Å²) in [7, 11) is 0. The second-order valence-electron chi connectivity index (χ2n) is 10.4. The molecule has 33 heavy (non-hydrogen) atoms. The summed E-state index contributed by atoms with van der Waals surface area (Å²) in [5.74, 6) is 2.27. The van der Waals surface area contributed by atoms with Crippen molar-refractivity contribution in [1.82, 2.24) is 25.4 Å². The van der Waals surface area contributed by atoms with E-state index < -0.39 is 0 Å². The molecule has 0 radical (unpaired) electrons. The fourth-order valence-corrected chi connectivity index (χ4v) is 7.03. The van der Waals surface area contributed by atoms with Gasteiger partial charge in [0.1, 0.15) is 0 Å². The van der Waals surface area contributed by atoms with Crippen molar-refractivity contribution in [2.24, 2.45) is 22.9 Å². The number of aromatic amines is 1. The van der Waals surface area contributed by atoms with Crippen LogP contribution in [0.3, 0.4) is 0 Å². The van der Waals surface area contributed by atoms with E-state index in [2.05, 4.69) is 25.8 Å². The van der Waals surface area contributed by atoms with E-state index >= 15 is 0 Å². The van der Waals surface area contributed by atoms with Gasteiger partial charge in [0.05, 0.1) is 23.3 Å². The van der Waals surface area contributed by atoms with E-state index in [-0.39, 0.29) is 11.3 Å². The van der Waals surface area contributed by atoms with Crippen molar-refractivity contribution in [3.8, 4) is 5.69 Å². The van der Waals surface area contributed by atoms with Crippen molar-refractivity contribution in [3.05, 3.63) is 64.7 Å². The monoisotopic (exact) mass is 442 g/mol. The lowest BCUT2D eigenvalue weighted by Crippen LogP contribution is -2.48. The van der Waals surface area contributed by atoms with Gasteiger partial charge in [-0.3, -0.25) is 9.89 Å². The summed E-state index contributed by atoms with van der Waals surface area (Å²) < 4.78 is 1.89. The molecule has 0 aliphatic heterocycles. The number of aromatic nitrogens is 4. The van der Waals surface area contributed by atoms with Crippen LogP contribution >= 0.6 is 0 Å². The molecule has 0 saturated heterocycles. The first-order valence-electron chi connectivity index (χ1n) is 12.0. The van der Waals surface area contributed by atoms with Crippen LogP contribution in [0.1, 0.15) is 71.7 Å². The molecule has 4 aliphatic rings. The van der Waals surface area contributed by atoms with Crippen LogP contribution in [-0.4, -0.2) is 32.1 Å². The van der Waals surface area contributed by atoms with Crippen molar-refractivity contribution < 1.29 is 4.79 Å². The molecule has 4 saturated carbocycles. The third-order valence-corrected chi connectivity index (χ3v) is 8.13. The SMILES string of the molecule is Cc1nn(-c2ccccc2)c(C)c1/C=N/NC(=O)c1cc(C23CC4CC(CC(C4)C2)C3)[nH]n1. The lowest BCUT2D eigenvalue weighted by Gasteiger charge is -2.56. The summed E-state index contributed by atoms with van der Waals surface area (Å²) in [6.07, 6.45) is 9.58. The van der Waals surface area contributed by atoms with Crippen LogP contribution < -0.4 is 5.43 Å². The Balaban J connectivity index is 1.16. The molecule has 0 unspecified atom stereocenters. The average molecular weight is 443 g/mol. The lowest BCUT2D eigenvalue weighted by molar-refractivity contribution is -0.00721. The third-order valence-electron chi connectivity index (χ3n) is 8.13. The van der Waals surface area contributed by atoms with Gasteiger partial charge >= 0.3 is 0 Å². The summed E-state index contributed by atoms with van der Waals surface area (Å²) in [5.41, 5.74) is 8.13. The van der Waals surface area contributed by atoms with Crippen molar-refractivity contribution in [3.63, 3.8) is 0 Å². The minimum Gasteiger partial charge on any atom is -0.281 e. The number of hydrogen-bond donors (Lipinski definition) is 2. The summed E-state index contributed by atoms with van der Waals surface area (Å²) in [4.78, 5) is 12.7. The quantitative estimate of drug-likeness (QED) is 0.452. The summed E-state index contributed by atoms with van der Waals surface area (Å²) in [5, 5.41) is 16.4. The molecule has 2 N–H and O–H groups in total. The fraction of sp³-hybridized carbons (Fsp3) is 0.462. The van der Waals surface area contributed by atoms with Gasteiger partial charge in [0.2, 0.25) is 0 Å². The van der Waals surface area contributed by atoms with E-state index in [0.29, 0.717) is 5.69 Å². The fourth-order valence-electron chi connectivity index (χ4n) is 7.03. The molecular formula is C26H30N6O. The van der Waals surface area contributed by atoms with Crippen molar-refractivity contribution in [1.29, 1.82) is 0 Å². The standard InChI is InChI=1S/C26H30N6O/c1-16-22(17(2)32(31-16)21-6-4-3-5-7-21)15-27-30-25(33)23-11-24(29-28-23)26-12-18-8-19(13-26)10-20(9-18)14-26/h3-7,11,15,18-20H,8-10,12-14H2,1-2H3,(H,28,29)(H,30,33)/b27-15+. The summed E-state index contributed by atoms with van der Waals surface area (Å²) in [6, 6.07) is 11.9. The van der Waals surface area contributed by atoms with Gasteiger partial charge in [-0.15, -0.1) is 0 Å². The maximum Gasteiger partial charge on any atom is 0.291 e. The molecule has 7 nitrogen and oxygen atoms in total. The zero-order chi connectivity index (χ0) is 22.6. The molecule has 3 aromatic rings. The number of nitrogens with one attached hydrogen (secondary N) is 2. The Kier molecular flexibility index (Phi) is 4.75. The molecular weight excluding hydrogens is 412 g/mol. The second-order valence-corrected chi connectivity index (χ2v) is 10.4. The van der Waals surface area contributed by atoms with Crippen molar-refractivity contribution >= 4 is 12.1 Å². The second kappa shape index (κ2) is 7.68. The van der Waals surface area contributed by atoms with E-state index in [1.54, 1.807) is 6.21 Å². The van der Waals surface area contributed by atoms with E-state index in [9.17, 15) is 4.79 Å². The predicted octanol–water partition coefficient (Wildman–Crippen LogP) is 4.44. The molecule has 4 bridgehead atoms. The summed E-state index contributed by atoms with van der Waals surface area (Å²) >= 11 is 0. The first kappa shape index (κ1) is 20.4. The number of amides is 1. The number of benzene rings is 1. The molecule has 0 spiro atoms. The normalized spacial score (nSPS) is 28.0. The topological polar surface area (TPSA) is 88.0 Å². The van der Waals surface area contributed by atoms with Gasteiger partial charge in [-0.25, -0.2) is 10.1 Å². The largest absolute Gasteiger partial charge is 0.291 e. The van der Waals surface area contributed by atoms with Gasteiger partial charge in [0.15, 0.2) is 5.69 Å². The number of carbonyl (C=O) groups excluding carboxylic acids is 1. The predicted molar refractivity (Wildman–Crippen MR) is 127 cm³/mol. The van der Waals surface area contributed by atoms with Gasteiger partial charge in [-0.2, -0.15) is 15.3 Å². The van der Waals surface area contributed by atoms with E-state index in [0.717, 1.165) is 46.1 Å². The molecule has 0 atom stereocenters. The molecule has 1 aromatic carbocycles. The van der Waals surface area contributed by atoms with Crippen LogP contribution in [0.4, 0.5) is 0 Å². The van der Waals surface area contributed by atoms with Gasteiger partial charge < -0.3 is 0 Å². The zero-order valence-corrected chi connectivity index (χ0v) is 19.2. The first-order chi connectivity index (χ1) is 16.0. The van der Waals surface area contributed by atoms with Gasteiger partial charge in [0.25, 0.3) is 5.91 Å². The van der Waals surface area contributed by atoms with Gasteiger partial charge in [0, 0.05) is 16.7 Å². The Bertz CT molecular complexity index is 1190. The van der Waals surface area contributed by atoms with Gasteiger partial charge in [-0.1, -0.05) is 18.2 Å². The number of nitrogens with zero attached hydrogens (tertiary/aromatic N) is 4. The van der Waals surface area contributed by atoms with Gasteiger partial charge in [-0.05, 0) is 88.3 Å². The van der Waals surface area contributed by atoms with Crippen LogP contribution in [0.2, 0.25) is 0 Å². The Hall–Kier alpha value is -3.22. The maximum atomic E-state index is 12.7. The number of hydrazone groups is 1. The van der Waals surface area contributed by atoms with Crippen LogP contribution in [0, 0.1) is 31.6 Å². The highest BCUT2D eigenvalue weighted by atomic mass is 16.2. The minimum absolute atomic E-state index is 0.198. The van der Waals surface area contributed by atoms with Crippen molar-refractivity contribution in [2.75, 3.05) is 0 Å².